The highest BCUT2D eigenvalue weighted by atomic mass is 32.1. The van der Waals surface area contributed by atoms with E-state index in [1.165, 1.54) is 0 Å². The number of benzene rings is 2. The number of hydrogen-bond acceptors (Lipinski definition) is 5. The molecule has 0 amide bonds. The van der Waals surface area contributed by atoms with Crippen LogP contribution in [0.3, 0.4) is 0 Å². The quantitative estimate of drug-likeness (QED) is 0.430. The Hall–Kier alpha value is -2.97. The molecule has 8 heteroatoms. The fourth-order valence-electron chi connectivity index (χ4n) is 4.24. The lowest BCUT2D eigenvalue weighted by Gasteiger charge is -2.18. The van der Waals surface area contributed by atoms with Gasteiger partial charge >= 0.3 is 0 Å². The van der Waals surface area contributed by atoms with Gasteiger partial charge in [-0.15, -0.1) is 5.10 Å². The fraction of sp³-hybridized carbons (Fsp3) is 0.375. The molecule has 2 aromatic carbocycles. The molecular weight excluding hydrogens is 422 g/mol. The molecule has 2 aromatic heterocycles. The first kappa shape index (κ1) is 20.9. The molecule has 0 N–H and O–H groups in total. The van der Waals surface area contributed by atoms with Gasteiger partial charge in [-0.2, -0.15) is 0 Å². The van der Waals surface area contributed by atoms with E-state index in [9.17, 15) is 4.79 Å². The molecule has 4 aromatic rings. The molecule has 0 unspecified atom stereocenters. The van der Waals surface area contributed by atoms with Gasteiger partial charge in [-0.05, 0) is 42.8 Å². The van der Waals surface area contributed by atoms with Crippen LogP contribution in [0.2, 0.25) is 0 Å². The van der Waals surface area contributed by atoms with Crippen LogP contribution < -0.4 is 10.3 Å². The number of fused-ring (bicyclic) bond motifs is 4. The second-order valence-electron chi connectivity index (χ2n) is 8.72. The molecule has 166 valence electrons. The zero-order valence-corrected chi connectivity index (χ0v) is 19.2. The molecule has 0 bridgehead atoms. The fourth-order valence-corrected chi connectivity index (χ4v) is 4.52. The summed E-state index contributed by atoms with van der Waals surface area (Å²) >= 11 is 5.86. The van der Waals surface area contributed by atoms with Crippen LogP contribution in [0.15, 0.2) is 53.3 Å². The van der Waals surface area contributed by atoms with Crippen molar-refractivity contribution in [3.05, 3.63) is 69.2 Å². The molecule has 0 atom stereocenters. The molecular formula is C24H27N5O2S. The number of rotatable bonds is 5. The van der Waals surface area contributed by atoms with E-state index in [-0.39, 0.29) is 5.56 Å². The topological polar surface area (TPSA) is 56.7 Å². The molecule has 0 spiro atoms. The number of ether oxygens (including phenoxy) is 1. The SMILES string of the molecule is CC(C)CCn1c(=O)c2ccccc2n2c(=S)n(CN3CCOc4ccccc4C3)nc12. The molecule has 0 aliphatic carbocycles. The van der Waals surface area contributed by atoms with Crippen molar-refractivity contribution in [2.75, 3.05) is 13.2 Å². The van der Waals surface area contributed by atoms with Crippen LogP contribution in [0.5, 0.6) is 5.75 Å². The third kappa shape index (κ3) is 3.73. The minimum Gasteiger partial charge on any atom is -0.492 e. The Morgan fingerprint density at radius 3 is 2.75 bits per heavy atom. The van der Waals surface area contributed by atoms with Gasteiger partial charge in [0.1, 0.15) is 12.4 Å². The summed E-state index contributed by atoms with van der Waals surface area (Å²) in [5, 5.41) is 5.50. The van der Waals surface area contributed by atoms with Crippen LogP contribution in [0.25, 0.3) is 16.7 Å². The number of aryl methyl sites for hydroxylation is 1. The van der Waals surface area contributed by atoms with Gasteiger partial charge in [-0.25, -0.2) is 4.68 Å². The number of nitrogens with zero attached hydrogens (tertiary/aromatic N) is 5. The lowest BCUT2D eigenvalue weighted by Crippen LogP contribution is -2.29. The van der Waals surface area contributed by atoms with Crippen molar-refractivity contribution in [2.24, 2.45) is 5.92 Å². The Labute approximate surface area is 191 Å². The second kappa shape index (κ2) is 8.52. The van der Waals surface area contributed by atoms with Crippen molar-refractivity contribution in [2.45, 2.75) is 40.0 Å². The van der Waals surface area contributed by atoms with E-state index >= 15 is 0 Å². The standard InChI is InChI=1S/C24H27N5O2S/c1-17(2)11-12-27-22(30)19-8-4-5-9-20(19)29-23(27)25-28(24(29)32)16-26-13-14-31-21-10-6-3-7-18(21)15-26/h3-10,17H,11-16H2,1-2H3. The number of para-hydroxylation sites is 2. The Balaban J connectivity index is 1.60. The van der Waals surface area contributed by atoms with Gasteiger partial charge in [0.05, 0.1) is 17.6 Å². The minimum absolute atomic E-state index is 0.0157. The first-order valence-corrected chi connectivity index (χ1v) is 11.5. The van der Waals surface area contributed by atoms with E-state index in [1.807, 2.05) is 51.5 Å². The summed E-state index contributed by atoms with van der Waals surface area (Å²) in [6, 6.07) is 15.8. The Bertz CT molecular complexity index is 1400. The zero-order chi connectivity index (χ0) is 22.2. The highest BCUT2D eigenvalue weighted by Crippen LogP contribution is 2.23. The molecule has 7 nitrogen and oxygen atoms in total. The van der Waals surface area contributed by atoms with Crippen molar-refractivity contribution in [3.63, 3.8) is 0 Å². The Morgan fingerprint density at radius 1 is 1.12 bits per heavy atom. The van der Waals surface area contributed by atoms with E-state index in [0.717, 1.165) is 36.3 Å². The summed E-state index contributed by atoms with van der Waals surface area (Å²) in [4.78, 5) is 15.6. The predicted molar refractivity (Wildman–Crippen MR) is 128 cm³/mol. The molecule has 1 aliphatic heterocycles. The molecule has 0 fully saturated rings. The Morgan fingerprint density at radius 2 is 1.91 bits per heavy atom. The Kier molecular flexibility index (Phi) is 5.57. The predicted octanol–water partition coefficient (Wildman–Crippen LogP) is 4.08. The van der Waals surface area contributed by atoms with Gasteiger partial charge in [0.15, 0.2) is 0 Å². The van der Waals surface area contributed by atoms with Crippen molar-refractivity contribution in [3.8, 4) is 5.75 Å². The second-order valence-corrected chi connectivity index (χ2v) is 9.09. The van der Waals surface area contributed by atoms with Gasteiger partial charge in [-0.1, -0.05) is 44.2 Å². The third-order valence-electron chi connectivity index (χ3n) is 5.98. The lowest BCUT2D eigenvalue weighted by molar-refractivity contribution is 0.177. The maximum absolute atomic E-state index is 13.3. The summed E-state index contributed by atoms with van der Waals surface area (Å²) in [5.41, 5.74) is 1.94. The molecule has 1 aliphatic rings. The van der Waals surface area contributed by atoms with Gasteiger partial charge in [0.2, 0.25) is 10.5 Å². The first-order valence-electron chi connectivity index (χ1n) is 11.1. The van der Waals surface area contributed by atoms with Crippen molar-refractivity contribution >= 4 is 28.9 Å². The third-order valence-corrected chi connectivity index (χ3v) is 6.37. The first-order chi connectivity index (χ1) is 15.5. The average molecular weight is 450 g/mol. The van der Waals surface area contributed by atoms with Crippen molar-refractivity contribution in [1.29, 1.82) is 0 Å². The minimum atomic E-state index is -0.0157. The molecule has 0 radical (unpaired) electrons. The summed E-state index contributed by atoms with van der Waals surface area (Å²) in [6.07, 6.45) is 0.897. The number of aromatic nitrogens is 4. The average Bonchev–Trinajstić information content (AvgIpc) is 2.97. The molecule has 32 heavy (non-hydrogen) atoms. The highest BCUT2D eigenvalue weighted by Gasteiger charge is 2.19. The summed E-state index contributed by atoms with van der Waals surface area (Å²) in [5.74, 6) is 2.02. The van der Waals surface area contributed by atoms with Crippen LogP contribution in [0.1, 0.15) is 25.8 Å². The smallest absolute Gasteiger partial charge is 0.262 e. The largest absolute Gasteiger partial charge is 0.492 e. The van der Waals surface area contributed by atoms with E-state index in [2.05, 4.69) is 24.8 Å². The van der Waals surface area contributed by atoms with Crippen LogP contribution in [-0.2, 0) is 19.8 Å². The number of hydrogen-bond donors (Lipinski definition) is 0. The van der Waals surface area contributed by atoms with E-state index in [4.69, 9.17) is 22.1 Å². The van der Waals surface area contributed by atoms with Crippen LogP contribution in [0, 0.1) is 10.7 Å². The van der Waals surface area contributed by atoms with E-state index in [1.54, 1.807) is 4.57 Å². The molecule has 5 rings (SSSR count). The lowest BCUT2D eigenvalue weighted by atomic mass is 10.1. The zero-order valence-electron chi connectivity index (χ0n) is 18.4. The summed E-state index contributed by atoms with van der Waals surface area (Å²) in [7, 11) is 0. The summed E-state index contributed by atoms with van der Waals surface area (Å²) < 4.78 is 12.0. The van der Waals surface area contributed by atoms with Crippen molar-refractivity contribution < 1.29 is 4.74 Å². The van der Waals surface area contributed by atoms with Gasteiger partial charge < -0.3 is 4.74 Å². The molecule has 0 saturated heterocycles. The van der Waals surface area contributed by atoms with Crippen molar-refractivity contribution in [1.82, 2.24) is 23.6 Å². The monoisotopic (exact) mass is 449 g/mol. The maximum atomic E-state index is 13.3. The van der Waals surface area contributed by atoms with Gasteiger partial charge in [-0.3, -0.25) is 18.7 Å². The van der Waals surface area contributed by atoms with Crippen LogP contribution in [0.4, 0.5) is 0 Å². The van der Waals surface area contributed by atoms with E-state index in [0.29, 0.717) is 41.7 Å². The normalized spacial score (nSPS) is 14.6. The molecule has 3 heterocycles. The molecule has 0 saturated carbocycles. The van der Waals surface area contributed by atoms with Gasteiger partial charge in [0.25, 0.3) is 5.56 Å². The van der Waals surface area contributed by atoms with Crippen LogP contribution >= 0.6 is 12.2 Å². The van der Waals surface area contributed by atoms with Gasteiger partial charge in [0, 0.05) is 25.2 Å². The maximum Gasteiger partial charge on any atom is 0.262 e. The highest BCUT2D eigenvalue weighted by molar-refractivity contribution is 7.71. The summed E-state index contributed by atoms with van der Waals surface area (Å²) in [6.45, 7) is 7.60. The van der Waals surface area contributed by atoms with Crippen LogP contribution in [-0.4, -0.2) is 36.8 Å². The van der Waals surface area contributed by atoms with E-state index < -0.39 is 0 Å².